The van der Waals surface area contributed by atoms with Gasteiger partial charge in [0.1, 0.15) is 11.6 Å². The molecule has 3 heterocycles. The van der Waals surface area contributed by atoms with E-state index in [1.807, 2.05) is 17.9 Å². The van der Waals surface area contributed by atoms with E-state index in [0.717, 1.165) is 61.7 Å². The number of aromatic nitrogens is 2. The molecule has 32 heavy (non-hydrogen) atoms. The number of carbonyl (C=O) groups excluding carboxylic acids is 2. The van der Waals surface area contributed by atoms with Gasteiger partial charge in [0.15, 0.2) is 0 Å². The highest BCUT2D eigenvalue weighted by Gasteiger charge is 2.30. The van der Waals surface area contributed by atoms with Crippen LogP contribution in [0.5, 0.6) is 0 Å². The summed E-state index contributed by atoms with van der Waals surface area (Å²) in [5.74, 6) is 1.74. The Hall–Kier alpha value is -2.80. The third-order valence-electron chi connectivity index (χ3n) is 6.59. The molecule has 1 aromatic heterocycles. The van der Waals surface area contributed by atoms with Crippen LogP contribution in [0.3, 0.4) is 0 Å². The highest BCUT2D eigenvalue weighted by molar-refractivity contribution is 5.95. The average Bonchev–Trinajstić information content (AvgIpc) is 2.80. The van der Waals surface area contributed by atoms with Crippen LogP contribution in [0.15, 0.2) is 30.3 Å². The minimum Gasteiger partial charge on any atom is -0.370 e. The number of fused-ring (bicyclic) bond motifs is 1. The fraction of sp³-hybridized carbons (Fsp3) is 0.520. The quantitative estimate of drug-likeness (QED) is 0.688. The first-order valence-corrected chi connectivity index (χ1v) is 11.7. The van der Waals surface area contributed by atoms with Crippen molar-refractivity contribution in [2.24, 2.45) is 5.73 Å². The van der Waals surface area contributed by atoms with E-state index in [-0.39, 0.29) is 17.7 Å². The van der Waals surface area contributed by atoms with Crippen LogP contribution >= 0.6 is 0 Å². The summed E-state index contributed by atoms with van der Waals surface area (Å²) < 4.78 is 0. The average molecular weight is 436 g/mol. The number of primary amides is 1. The fourth-order valence-electron chi connectivity index (χ4n) is 4.84. The van der Waals surface area contributed by atoms with Crippen molar-refractivity contribution >= 4 is 17.6 Å². The molecule has 1 aromatic carbocycles. The summed E-state index contributed by atoms with van der Waals surface area (Å²) in [6.45, 7) is 5.19. The number of nitrogens with zero attached hydrogens (tertiary/aromatic N) is 4. The number of piperidine rings is 1. The van der Waals surface area contributed by atoms with Gasteiger partial charge in [-0.15, -0.1) is 0 Å². The number of aryl methyl sites for hydroxylation is 2. The largest absolute Gasteiger partial charge is 0.370 e. The maximum atomic E-state index is 12.8. The zero-order chi connectivity index (χ0) is 22.5. The van der Waals surface area contributed by atoms with Gasteiger partial charge in [0.05, 0.1) is 0 Å². The SMILES string of the molecule is Cc1nc([C@@H]2CCCN(CCC(N)=O)C2)nc2c1CCC(=O)N2CCCc1ccccc1. The minimum absolute atomic E-state index is 0.154. The molecule has 1 atom stereocenters. The van der Waals surface area contributed by atoms with Crippen LogP contribution in [-0.2, 0) is 22.4 Å². The van der Waals surface area contributed by atoms with Crippen LogP contribution in [0, 0.1) is 6.92 Å². The number of rotatable bonds is 8. The topological polar surface area (TPSA) is 92.4 Å². The molecule has 4 rings (SSSR count). The standard InChI is InChI=1S/C25H33N5O2/c1-18-21-11-12-23(32)30(15-5-9-19-7-3-2-4-8-19)25(21)28-24(27-18)20-10-6-14-29(17-20)16-13-22(26)31/h2-4,7-8,20H,5-6,9-17H2,1H3,(H2,26,31)/t20-/m1/s1. The van der Waals surface area contributed by atoms with Crippen molar-refractivity contribution in [2.75, 3.05) is 31.1 Å². The number of nitrogens with two attached hydrogens (primary N) is 1. The molecule has 0 bridgehead atoms. The van der Waals surface area contributed by atoms with E-state index < -0.39 is 0 Å². The molecule has 2 aliphatic rings. The molecule has 2 aromatic rings. The smallest absolute Gasteiger partial charge is 0.228 e. The lowest BCUT2D eigenvalue weighted by molar-refractivity contribution is -0.119. The number of anilines is 1. The third kappa shape index (κ3) is 5.33. The first-order valence-electron chi connectivity index (χ1n) is 11.7. The molecule has 170 valence electrons. The molecule has 0 saturated carbocycles. The number of carbonyl (C=O) groups is 2. The van der Waals surface area contributed by atoms with Crippen LogP contribution in [0.4, 0.5) is 5.82 Å². The number of amides is 2. The molecular weight excluding hydrogens is 402 g/mol. The van der Waals surface area contributed by atoms with Gasteiger partial charge in [0.25, 0.3) is 0 Å². The molecule has 0 aliphatic carbocycles. The first kappa shape index (κ1) is 22.4. The summed E-state index contributed by atoms with van der Waals surface area (Å²) in [5, 5.41) is 0. The van der Waals surface area contributed by atoms with E-state index in [9.17, 15) is 9.59 Å². The molecule has 0 spiro atoms. The van der Waals surface area contributed by atoms with Crippen LogP contribution in [0.1, 0.15) is 60.7 Å². The third-order valence-corrected chi connectivity index (χ3v) is 6.59. The van der Waals surface area contributed by atoms with E-state index in [2.05, 4.69) is 29.2 Å². The molecule has 2 amide bonds. The van der Waals surface area contributed by atoms with Gasteiger partial charge in [-0.2, -0.15) is 0 Å². The lowest BCUT2D eigenvalue weighted by atomic mass is 9.95. The molecular formula is C25H33N5O2. The van der Waals surface area contributed by atoms with Gasteiger partial charge in [-0.05, 0) is 51.1 Å². The molecule has 0 radical (unpaired) electrons. The number of likely N-dealkylation sites (tertiary alicyclic amines) is 1. The Morgan fingerprint density at radius 2 is 1.97 bits per heavy atom. The molecule has 7 heteroatoms. The lowest BCUT2D eigenvalue weighted by Crippen LogP contribution is -2.39. The second-order valence-electron chi connectivity index (χ2n) is 8.96. The van der Waals surface area contributed by atoms with Crippen molar-refractivity contribution in [1.82, 2.24) is 14.9 Å². The Morgan fingerprint density at radius 1 is 1.16 bits per heavy atom. The lowest BCUT2D eigenvalue weighted by Gasteiger charge is -2.34. The Kier molecular flexibility index (Phi) is 7.15. The molecule has 7 nitrogen and oxygen atoms in total. The zero-order valence-electron chi connectivity index (χ0n) is 18.9. The summed E-state index contributed by atoms with van der Waals surface area (Å²) in [5.41, 5.74) is 8.71. The monoisotopic (exact) mass is 435 g/mol. The molecule has 2 aliphatic heterocycles. The van der Waals surface area contributed by atoms with E-state index in [4.69, 9.17) is 15.7 Å². The van der Waals surface area contributed by atoms with Gasteiger partial charge in [-0.25, -0.2) is 9.97 Å². The molecule has 1 fully saturated rings. The summed E-state index contributed by atoms with van der Waals surface area (Å²) >= 11 is 0. The van der Waals surface area contributed by atoms with Crippen LogP contribution in [-0.4, -0.2) is 52.9 Å². The van der Waals surface area contributed by atoms with Crippen LogP contribution in [0.2, 0.25) is 0 Å². The maximum absolute atomic E-state index is 12.8. The fourth-order valence-corrected chi connectivity index (χ4v) is 4.84. The second-order valence-corrected chi connectivity index (χ2v) is 8.96. The van der Waals surface area contributed by atoms with E-state index in [1.165, 1.54) is 5.56 Å². The maximum Gasteiger partial charge on any atom is 0.228 e. The van der Waals surface area contributed by atoms with E-state index in [1.54, 1.807) is 0 Å². The summed E-state index contributed by atoms with van der Waals surface area (Å²) in [7, 11) is 0. The van der Waals surface area contributed by atoms with Gasteiger partial charge < -0.3 is 10.6 Å². The van der Waals surface area contributed by atoms with Crippen molar-refractivity contribution in [3.8, 4) is 0 Å². The van der Waals surface area contributed by atoms with Gasteiger partial charge in [0, 0.05) is 49.7 Å². The molecule has 2 N–H and O–H groups in total. The number of hydrogen-bond acceptors (Lipinski definition) is 5. The Bertz CT molecular complexity index is 962. The highest BCUT2D eigenvalue weighted by Crippen LogP contribution is 2.32. The predicted octanol–water partition coefficient (Wildman–Crippen LogP) is 2.75. The van der Waals surface area contributed by atoms with Gasteiger partial charge in [-0.3, -0.25) is 14.5 Å². The van der Waals surface area contributed by atoms with Crippen molar-refractivity contribution in [3.63, 3.8) is 0 Å². The first-order chi connectivity index (χ1) is 15.5. The second kappa shape index (κ2) is 10.2. The van der Waals surface area contributed by atoms with Crippen molar-refractivity contribution in [2.45, 2.75) is 57.8 Å². The Balaban J connectivity index is 1.50. The molecule has 1 saturated heterocycles. The zero-order valence-corrected chi connectivity index (χ0v) is 18.9. The van der Waals surface area contributed by atoms with Crippen molar-refractivity contribution < 1.29 is 9.59 Å². The van der Waals surface area contributed by atoms with Gasteiger partial charge >= 0.3 is 0 Å². The summed E-state index contributed by atoms with van der Waals surface area (Å²) in [4.78, 5) is 38.0. The van der Waals surface area contributed by atoms with Gasteiger partial charge in [0.2, 0.25) is 11.8 Å². The Labute approximate surface area is 190 Å². The number of hydrogen-bond donors (Lipinski definition) is 1. The summed E-state index contributed by atoms with van der Waals surface area (Å²) in [6, 6.07) is 10.4. The molecule has 0 unspecified atom stereocenters. The minimum atomic E-state index is -0.266. The van der Waals surface area contributed by atoms with Crippen molar-refractivity contribution in [3.05, 3.63) is 53.0 Å². The van der Waals surface area contributed by atoms with Gasteiger partial charge in [-0.1, -0.05) is 30.3 Å². The normalized spacial score (nSPS) is 19.1. The van der Waals surface area contributed by atoms with E-state index in [0.29, 0.717) is 32.4 Å². The number of benzene rings is 1. The summed E-state index contributed by atoms with van der Waals surface area (Å²) in [6.07, 6.45) is 5.51. The predicted molar refractivity (Wildman–Crippen MR) is 124 cm³/mol. The van der Waals surface area contributed by atoms with Crippen molar-refractivity contribution in [1.29, 1.82) is 0 Å². The van der Waals surface area contributed by atoms with Crippen LogP contribution in [0.25, 0.3) is 0 Å². The van der Waals surface area contributed by atoms with E-state index >= 15 is 0 Å². The Morgan fingerprint density at radius 3 is 2.75 bits per heavy atom. The van der Waals surface area contributed by atoms with Crippen LogP contribution < -0.4 is 10.6 Å². The highest BCUT2D eigenvalue weighted by atomic mass is 16.2.